The molecule has 5 nitrogen and oxygen atoms in total. The van der Waals surface area contributed by atoms with E-state index in [1.54, 1.807) is 24.3 Å². The van der Waals surface area contributed by atoms with Gasteiger partial charge < -0.3 is 10.1 Å². The molecule has 2 heterocycles. The van der Waals surface area contributed by atoms with Gasteiger partial charge in [-0.3, -0.25) is 0 Å². The second-order valence-electron chi connectivity index (χ2n) is 4.30. The van der Waals surface area contributed by atoms with Crippen molar-refractivity contribution in [2.45, 2.75) is 16.9 Å². The minimum atomic E-state index is -3.24. The van der Waals surface area contributed by atoms with Gasteiger partial charge in [0.25, 0.3) is 0 Å². The number of sulfone groups is 1. The van der Waals surface area contributed by atoms with Crippen LogP contribution >= 0.6 is 0 Å². The third-order valence-electron chi connectivity index (χ3n) is 3.29. The zero-order valence-electron chi connectivity index (χ0n) is 8.97. The van der Waals surface area contributed by atoms with Gasteiger partial charge in [-0.1, -0.05) is 18.2 Å². The van der Waals surface area contributed by atoms with Crippen molar-refractivity contribution in [2.24, 2.45) is 0 Å². The van der Waals surface area contributed by atoms with Crippen LogP contribution in [0.25, 0.3) is 0 Å². The van der Waals surface area contributed by atoms with E-state index in [2.05, 4.69) is 5.32 Å². The van der Waals surface area contributed by atoms with E-state index in [4.69, 9.17) is 4.74 Å². The summed E-state index contributed by atoms with van der Waals surface area (Å²) < 4.78 is 29.2. The number of carbonyl (C=O) groups is 1. The first-order valence-electron chi connectivity index (χ1n) is 5.33. The van der Waals surface area contributed by atoms with E-state index in [0.717, 1.165) is 0 Å². The van der Waals surface area contributed by atoms with Crippen LogP contribution in [0.2, 0.25) is 0 Å². The molecule has 1 fully saturated rings. The summed E-state index contributed by atoms with van der Waals surface area (Å²) in [5, 5.41) is 2.59. The number of hydrogen-bond donors (Lipinski definition) is 1. The van der Waals surface area contributed by atoms with Gasteiger partial charge in [0.15, 0.2) is 15.4 Å². The van der Waals surface area contributed by atoms with Crippen LogP contribution in [0, 0.1) is 0 Å². The number of benzene rings is 1. The second-order valence-corrected chi connectivity index (χ2v) is 6.38. The zero-order valence-corrected chi connectivity index (χ0v) is 9.79. The number of amides is 1. The average molecular weight is 253 g/mol. The molecule has 3 rings (SSSR count). The lowest BCUT2D eigenvalue weighted by molar-refractivity contribution is 0.0475. The topological polar surface area (TPSA) is 72.5 Å². The first-order chi connectivity index (χ1) is 8.04. The Bertz CT molecular complexity index is 595. The molecule has 1 spiro atoms. The monoisotopic (exact) mass is 253 g/mol. The second kappa shape index (κ2) is 3.22. The predicted molar refractivity (Wildman–Crippen MR) is 59.3 cm³/mol. The van der Waals surface area contributed by atoms with E-state index in [9.17, 15) is 13.2 Å². The number of rotatable bonds is 0. The molecule has 1 amide bonds. The highest BCUT2D eigenvalue weighted by molar-refractivity contribution is 7.91. The van der Waals surface area contributed by atoms with Crippen LogP contribution in [-0.4, -0.2) is 26.8 Å². The quantitative estimate of drug-likeness (QED) is 0.742. The first kappa shape index (κ1) is 10.6. The highest BCUT2D eigenvalue weighted by Crippen LogP contribution is 2.41. The van der Waals surface area contributed by atoms with Gasteiger partial charge in [-0.25, -0.2) is 13.2 Å². The van der Waals surface area contributed by atoms with Crippen molar-refractivity contribution in [3.63, 3.8) is 0 Å². The van der Waals surface area contributed by atoms with Crippen molar-refractivity contribution in [2.75, 3.05) is 12.3 Å². The lowest BCUT2D eigenvalue weighted by Crippen LogP contribution is -2.38. The highest BCUT2D eigenvalue weighted by atomic mass is 32.2. The minimum absolute atomic E-state index is 0.0129. The molecule has 0 aromatic heterocycles. The molecule has 1 unspecified atom stereocenters. The van der Waals surface area contributed by atoms with Gasteiger partial charge in [-0.2, -0.15) is 0 Å². The van der Waals surface area contributed by atoms with Crippen molar-refractivity contribution in [3.05, 3.63) is 29.8 Å². The molecule has 0 aliphatic carbocycles. The van der Waals surface area contributed by atoms with E-state index in [-0.39, 0.29) is 10.6 Å². The van der Waals surface area contributed by atoms with Crippen LogP contribution in [0.4, 0.5) is 4.79 Å². The molecule has 17 heavy (non-hydrogen) atoms. The molecule has 6 heteroatoms. The van der Waals surface area contributed by atoms with Crippen molar-refractivity contribution in [1.82, 2.24) is 5.32 Å². The Morgan fingerprint density at radius 3 is 2.76 bits per heavy atom. The van der Waals surface area contributed by atoms with E-state index in [1.165, 1.54) is 0 Å². The van der Waals surface area contributed by atoms with E-state index < -0.39 is 21.5 Å². The van der Waals surface area contributed by atoms with Gasteiger partial charge >= 0.3 is 6.09 Å². The summed E-state index contributed by atoms with van der Waals surface area (Å²) in [4.78, 5) is 11.5. The summed E-state index contributed by atoms with van der Waals surface area (Å²) in [7, 11) is -3.24. The summed E-state index contributed by atoms with van der Waals surface area (Å²) in [5.41, 5.74) is -0.219. The van der Waals surface area contributed by atoms with Crippen molar-refractivity contribution in [1.29, 1.82) is 0 Å². The van der Waals surface area contributed by atoms with Gasteiger partial charge in [0, 0.05) is 12.0 Å². The highest BCUT2D eigenvalue weighted by Gasteiger charge is 2.48. The minimum Gasteiger partial charge on any atom is -0.436 e. The fourth-order valence-corrected chi connectivity index (χ4v) is 4.11. The van der Waals surface area contributed by atoms with Gasteiger partial charge in [-0.15, -0.1) is 0 Å². The maximum absolute atomic E-state index is 11.9. The molecule has 90 valence electrons. The molecular weight excluding hydrogens is 242 g/mol. The fourth-order valence-electron chi connectivity index (χ4n) is 2.41. The summed E-state index contributed by atoms with van der Waals surface area (Å²) in [6, 6.07) is 6.72. The molecule has 0 bridgehead atoms. The Morgan fingerprint density at radius 2 is 2.06 bits per heavy atom. The Hall–Kier alpha value is -1.56. The Labute approximate surface area is 98.7 Å². The summed E-state index contributed by atoms with van der Waals surface area (Å²) in [6.45, 7) is 0.332. The molecule has 0 radical (unpaired) electrons. The average Bonchev–Trinajstić information content (AvgIpc) is 2.69. The number of nitrogens with one attached hydrogen (secondary N) is 1. The number of ether oxygens (including phenoxy) is 1. The van der Waals surface area contributed by atoms with Crippen LogP contribution in [0.3, 0.4) is 0 Å². The van der Waals surface area contributed by atoms with Crippen LogP contribution in [-0.2, 0) is 20.2 Å². The van der Waals surface area contributed by atoms with Gasteiger partial charge in [-0.05, 0) is 6.07 Å². The van der Waals surface area contributed by atoms with Crippen LogP contribution in [0.1, 0.15) is 12.0 Å². The Kier molecular flexibility index (Phi) is 2.01. The van der Waals surface area contributed by atoms with E-state index in [0.29, 0.717) is 18.5 Å². The van der Waals surface area contributed by atoms with Gasteiger partial charge in [0.05, 0.1) is 17.2 Å². The molecule has 1 N–H and O–H groups in total. The lowest BCUT2D eigenvalue weighted by atomic mass is 9.91. The smallest absolute Gasteiger partial charge is 0.408 e. The molecule has 1 atom stereocenters. The Morgan fingerprint density at radius 1 is 1.29 bits per heavy atom. The molecule has 0 saturated carbocycles. The fraction of sp³-hybridized carbons (Fsp3) is 0.364. The summed E-state index contributed by atoms with van der Waals surface area (Å²) >= 11 is 0. The maximum Gasteiger partial charge on any atom is 0.408 e. The molecule has 1 aromatic carbocycles. The molecule has 2 aliphatic rings. The first-order valence-corrected chi connectivity index (χ1v) is 6.98. The van der Waals surface area contributed by atoms with E-state index in [1.807, 2.05) is 0 Å². The Balaban J connectivity index is 2.22. The third-order valence-corrected chi connectivity index (χ3v) is 5.06. The number of carbonyl (C=O) groups excluding carboxylic acids is 1. The van der Waals surface area contributed by atoms with Gasteiger partial charge in [0.2, 0.25) is 0 Å². The molecule has 1 aromatic rings. The van der Waals surface area contributed by atoms with Crippen molar-refractivity contribution >= 4 is 15.9 Å². The predicted octanol–water partition coefficient (Wildman–Crippen LogP) is 0.799. The standard InChI is InChI=1S/C11H11NO4S/c13-10-12-7-11(16-10)5-6-17(14,15)9-4-2-1-3-8(9)11/h1-4H,5-7H2,(H,12,13). The van der Waals surface area contributed by atoms with Crippen molar-refractivity contribution in [3.8, 4) is 0 Å². The summed E-state index contributed by atoms with van der Waals surface area (Å²) in [5.74, 6) is 0.0129. The largest absolute Gasteiger partial charge is 0.436 e. The number of hydrogen-bond acceptors (Lipinski definition) is 4. The lowest BCUT2D eigenvalue weighted by Gasteiger charge is -2.32. The zero-order chi connectivity index (χ0) is 12.1. The SMILES string of the molecule is O=C1NCC2(CCS(=O)(=O)c3ccccc32)O1. The summed E-state index contributed by atoms with van der Waals surface area (Å²) in [6.07, 6.45) is -0.176. The third kappa shape index (κ3) is 1.44. The number of alkyl carbamates (subject to hydrolysis) is 1. The van der Waals surface area contributed by atoms with E-state index >= 15 is 0 Å². The normalized spacial score (nSPS) is 29.5. The number of fused-ring (bicyclic) bond motifs is 2. The van der Waals surface area contributed by atoms with Gasteiger partial charge in [0.1, 0.15) is 0 Å². The molecule has 1 saturated heterocycles. The van der Waals surface area contributed by atoms with Crippen LogP contribution in [0.15, 0.2) is 29.2 Å². The van der Waals surface area contributed by atoms with Crippen LogP contribution in [0.5, 0.6) is 0 Å². The molecular formula is C11H11NO4S. The molecule has 2 aliphatic heterocycles. The van der Waals surface area contributed by atoms with Crippen molar-refractivity contribution < 1.29 is 17.9 Å². The maximum atomic E-state index is 11.9. The van der Waals surface area contributed by atoms with Crippen LogP contribution < -0.4 is 5.32 Å².